The molecule has 8 heteroatoms. The number of carbonyl (C=O) groups excluding carboxylic acids is 1. The van der Waals surface area contributed by atoms with E-state index in [2.05, 4.69) is 10.4 Å². The molecule has 144 valence electrons. The fourth-order valence-corrected chi connectivity index (χ4v) is 3.62. The summed E-state index contributed by atoms with van der Waals surface area (Å²) in [6.45, 7) is 3.92. The molecule has 0 aliphatic carbocycles. The molecule has 1 N–H and O–H groups in total. The SMILES string of the molecule is CC[C@H](C(=O)NCc1ccccc1Cl)n1nc(C)n2c(cc3occc32)c1=O. The summed E-state index contributed by atoms with van der Waals surface area (Å²) in [7, 11) is 0. The van der Waals surface area contributed by atoms with Crippen LogP contribution in [0.4, 0.5) is 0 Å². The monoisotopic (exact) mass is 398 g/mol. The molecule has 1 atom stereocenters. The van der Waals surface area contributed by atoms with Gasteiger partial charge in [-0.1, -0.05) is 36.7 Å². The third-order valence-electron chi connectivity index (χ3n) is 4.82. The molecule has 28 heavy (non-hydrogen) atoms. The van der Waals surface area contributed by atoms with Crippen molar-refractivity contribution in [3.05, 3.63) is 69.4 Å². The zero-order valence-electron chi connectivity index (χ0n) is 15.5. The van der Waals surface area contributed by atoms with Crippen LogP contribution >= 0.6 is 11.6 Å². The van der Waals surface area contributed by atoms with Gasteiger partial charge in [-0.25, -0.2) is 4.68 Å². The molecule has 0 aliphatic rings. The molecule has 0 spiro atoms. The number of nitrogens with one attached hydrogen (secondary N) is 1. The highest BCUT2D eigenvalue weighted by Crippen LogP contribution is 2.21. The van der Waals surface area contributed by atoms with Gasteiger partial charge in [-0.2, -0.15) is 5.10 Å². The van der Waals surface area contributed by atoms with Crippen molar-refractivity contribution in [1.29, 1.82) is 0 Å². The molecule has 0 aliphatic heterocycles. The van der Waals surface area contributed by atoms with Crippen molar-refractivity contribution in [2.24, 2.45) is 0 Å². The Balaban J connectivity index is 1.68. The molecule has 1 amide bonds. The first-order chi connectivity index (χ1) is 13.5. The topological polar surface area (TPSA) is 81.5 Å². The zero-order chi connectivity index (χ0) is 19.8. The lowest BCUT2D eigenvalue weighted by Crippen LogP contribution is -2.39. The van der Waals surface area contributed by atoms with Crippen LogP contribution in [0.25, 0.3) is 16.6 Å². The van der Waals surface area contributed by atoms with E-state index in [0.29, 0.717) is 28.4 Å². The largest absolute Gasteiger partial charge is 0.463 e. The first kappa shape index (κ1) is 18.3. The zero-order valence-corrected chi connectivity index (χ0v) is 16.2. The number of fused-ring (bicyclic) bond motifs is 3. The van der Waals surface area contributed by atoms with Gasteiger partial charge in [0.05, 0.1) is 11.8 Å². The minimum absolute atomic E-state index is 0.281. The minimum Gasteiger partial charge on any atom is -0.463 e. The van der Waals surface area contributed by atoms with Crippen LogP contribution in [0.3, 0.4) is 0 Å². The lowest BCUT2D eigenvalue weighted by Gasteiger charge is -2.18. The van der Waals surface area contributed by atoms with Gasteiger partial charge in [0, 0.05) is 23.7 Å². The summed E-state index contributed by atoms with van der Waals surface area (Å²) in [5, 5.41) is 7.85. The molecule has 0 saturated heterocycles. The van der Waals surface area contributed by atoms with Gasteiger partial charge in [0.1, 0.15) is 17.4 Å². The summed E-state index contributed by atoms with van der Waals surface area (Å²) in [6.07, 6.45) is 1.99. The average molecular weight is 399 g/mol. The second-order valence-electron chi connectivity index (χ2n) is 6.57. The van der Waals surface area contributed by atoms with E-state index in [-0.39, 0.29) is 18.0 Å². The number of aryl methyl sites for hydroxylation is 1. The van der Waals surface area contributed by atoms with Crippen LogP contribution < -0.4 is 10.9 Å². The molecule has 7 nitrogen and oxygen atoms in total. The number of nitrogens with zero attached hydrogens (tertiary/aromatic N) is 3. The average Bonchev–Trinajstić information content (AvgIpc) is 3.27. The van der Waals surface area contributed by atoms with Crippen LogP contribution in [0.1, 0.15) is 30.8 Å². The lowest BCUT2D eigenvalue weighted by molar-refractivity contribution is -0.125. The third kappa shape index (κ3) is 2.97. The number of aromatic nitrogens is 3. The maximum Gasteiger partial charge on any atom is 0.291 e. The summed E-state index contributed by atoms with van der Waals surface area (Å²) < 4.78 is 8.39. The Morgan fingerprint density at radius 2 is 2.07 bits per heavy atom. The molecule has 0 saturated carbocycles. The van der Waals surface area contributed by atoms with Crippen molar-refractivity contribution < 1.29 is 9.21 Å². The first-order valence-corrected chi connectivity index (χ1v) is 9.38. The Kier molecular flexibility index (Phi) is 4.68. The van der Waals surface area contributed by atoms with E-state index in [9.17, 15) is 9.59 Å². The van der Waals surface area contributed by atoms with Crippen LogP contribution in [0.15, 0.2) is 51.9 Å². The smallest absolute Gasteiger partial charge is 0.291 e. The van der Waals surface area contributed by atoms with Gasteiger partial charge in [0.2, 0.25) is 5.91 Å². The van der Waals surface area contributed by atoms with Crippen molar-refractivity contribution >= 4 is 34.1 Å². The molecule has 1 aromatic carbocycles. The summed E-state index contributed by atoms with van der Waals surface area (Å²) in [5.74, 6) is 0.319. The standard InChI is InChI=1S/C20H19ClN4O3/c1-3-15(19(26)22-11-13-6-4-5-7-14(13)21)25-20(27)17-10-18-16(8-9-28-18)24(17)12(2)23-25/h4-10,15H,3,11H2,1-2H3,(H,22,26)/t15-/m1/s1. The molecule has 4 rings (SSSR count). The molecule has 0 fully saturated rings. The van der Waals surface area contributed by atoms with E-state index < -0.39 is 6.04 Å². The second kappa shape index (κ2) is 7.16. The highest BCUT2D eigenvalue weighted by atomic mass is 35.5. The number of benzene rings is 1. The van der Waals surface area contributed by atoms with Gasteiger partial charge in [-0.05, 0) is 25.0 Å². The summed E-state index contributed by atoms with van der Waals surface area (Å²) in [4.78, 5) is 25.8. The summed E-state index contributed by atoms with van der Waals surface area (Å²) in [5.41, 5.74) is 2.29. The molecule has 4 aromatic rings. The number of carbonyl (C=O) groups is 1. The minimum atomic E-state index is -0.722. The normalized spacial score (nSPS) is 12.5. The van der Waals surface area contributed by atoms with Crippen LogP contribution in [0.5, 0.6) is 0 Å². The Morgan fingerprint density at radius 1 is 1.29 bits per heavy atom. The highest BCUT2D eigenvalue weighted by molar-refractivity contribution is 6.31. The Bertz CT molecular complexity index is 1240. The number of halogens is 1. The molecule has 0 radical (unpaired) electrons. The molecule has 3 heterocycles. The Morgan fingerprint density at radius 3 is 2.82 bits per heavy atom. The van der Waals surface area contributed by atoms with Crippen molar-refractivity contribution in [2.45, 2.75) is 32.9 Å². The van der Waals surface area contributed by atoms with Gasteiger partial charge < -0.3 is 9.73 Å². The Hall–Kier alpha value is -3.06. The lowest BCUT2D eigenvalue weighted by atomic mass is 10.2. The summed E-state index contributed by atoms with van der Waals surface area (Å²) >= 11 is 6.15. The van der Waals surface area contributed by atoms with Crippen LogP contribution in [-0.2, 0) is 11.3 Å². The second-order valence-corrected chi connectivity index (χ2v) is 6.97. The van der Waals surface area contributed by atoms with Gasteiger partial charge in [0.15, 0.2) is 5.58 Å². The first-order valence-electron chi connectivity index (χ1n) is 9.00. The summed E-state index contributed by atoms with van der Waals surface area (Å²) in [6, 6.07) is 10.0. The maximum absolute atomic E-state index is 13.0. The Labute approximate surface area is 165 Å². The van der Waals surface area contributed by atoms with E-state index in [1.54, 1.807) is 35.8 Å². The number of hydrogen-bond acceptors (Lipinski definition) is 4. The van der Waals surface area contributed by atoms with Gasteiger partial charge in [-0.15, -0.1) is 0 Å². The van der Waals surface area contributed by atoms with E-state index in [1.165, 1.54) is 4.68 Å². The third-order valence-corrected chi connectivity index (χ3v) is 5.19. The molecular weight excluding hydrogens is 380 g/mol. The van der Waals surface area contributed by atoms with Crippen molar-refractivity contribution in [3.63, 3.8) is 0 Å². The molecular formula is C20H19ClN4O3. The number of rotatable bonds is 5. The predicted molar refractivity (Wildman–Crippen MR) is 107 cm³/mol. The van der Waals surface area contributed by atoms with Crippen molar-refractivity contribution in [3.8, 4) is 0 Å². The molecule has 0 bridgehead atoms. The van der Waals surface area contributed by atoms with E-state index in [0.717, 1.165) is 11.1 Å². The number of amides is 1. The van der Waals surface area contributed by atoms with Gasteiger partial charge in [0.25, 0.3) is 5.56 Å². The van der Waals surface area contributed by atoms with Gasteiger partial charge >= 0.3 is 0 Å². The maximum atomic E-state index is 13.0. The number of hydrogen-bond donors (Lipinski definition) is 1. The van der Waals surface area contributed by atoms with Crippen molar-refractivity contribution in [2.75, 3.05) is 0 Å². The van der Waals surface area contributed by atoms with Crippen molar-refractivity contribution in [1.82, 2.24) is 19.5 Å². The highest BCUT2D eigenvalue weighted by Gasteiger charge is 2.24. The van der Waals surface area contributed by atoms with Gasteiger partial charge in [-0.3, -0.25) is 14.0 Å². The molecule has 3 aromatic heterocycles. The van der Waals surface area contributed by atoms with E-state index in [4.69, 9.17) is 16.0 Å². The van der Waals surface area contributed by atoms with Crippen LogP contribution in [-0.4, -0.2) is 20.1 Å². The van der Waals surface area contributed by atoms with Crippen LogP contribution in [0.2, 0.25) is 5.02 Å². The fraction of sp³-hybridized carbons (Fsp3) is 0.250. The number of furan rings is 1. The molecule has 0 unspecified atom stereocenters. The fourth-order valence-electron chi connectivity index (χ4n) is 3.42. The van der Waals surface area contributed by atoms with E-state index in [1.807, 2.05) is 25.1 Å². The van der Waals surface area contributed by atoms with Crippen LogP contribution in [0, 0.1) is 6.92 Å². The van der Waals surface area contributed by atoms with E-state index >= 15 is 0 Å². The quantitative estimate of drug-likeness (QED) is 0.558. The predicted octanol–water partition coefficient (Wildman–Crippen LogP) is 3.47.